The van der Waals surface area contributed by atoms with E-state index in [0.717, 1.165) is 26.1 Å². The summed E-state index contributed by atoms with van der Waals surface area (Å²) in [6.45, 7) is 1.99. The fourth-order valence-corrected chi connectivity index (χ4v) is 8.08. The summed E-state index contributed by atoms with van der Waals surface area (Å²) in [6.07, 6.45) is 0. The van der Waals surface area contributed by atoms with Gasteiger partial charge in [0, 0.05) is 20.4 Å². The van der Waals surface area contributed by atoms with Crippen molar-refractivity contribution in [2.45, 2.75) is 6.92 Å². The molecule has 0 radical (unpaired) electrons. The van der Waals surface area contributed by atoms with Crippen LogP contribution >= 0.6 is 23.0 Å². The van der Waals surface area contributed by atoms with Crippen LogP contribution in [0.3, 0.4) is 0 Å². The molecule has 5 rings (SSSR count). The number of benzene rings is 4. The first kappa shape index (κ1) is 24.9. The Morgan fingerprint density at radius 1 is 0.838 bits per heavy atom. The molecule has 0 fully saturated rings. The van der Waals surface area contributed by atoms with E-state index in [0.29, 0.717) is 5.82 Å². The summed E-state index contributed by atoms with van der Waals surface area (Å²) in [5.74, 6) is -0.212. The zero-order valence-electron chi connectivity index (χ0n) is 20.1. The smallest absolute Gasteiger partial charge is 0.362 e. The van der Waals surface area contributed by atoms with Crippen molar-refractivity contribution in [2.24, 2.45) is 4.74 Å². The number of halogens is 1. The predicted molar refractivity (Wildman–Crippen MR) is 152 cm³/mol. The fourth-order valence-electron chi connectivity index (χ4n) is 4.17. The van der Waals surface area contributed by atoms with Gasteiger partial charge in [-0.25, -0.2) is 9.54 Å². The molecule has 1 heterocycles. The van der Waals surface area contributed by atoms with E-state index in [1.807, 2.05) is 78.9 Å². The third kappa shape index (κ3) is 4.93. The Labute approximate surface area is 224 Å². The van der Waals surface area contributed by atoms with Crippen molar-refractivity contribution >= 4 is 50.7 Å². The highest BCUT2D eigenvalue weighted by Crippen LogP contribution is 2.49. The summed E-state index contributed by atoms with van der Waals surface area (Å²) in [5, 5.41) is 11.8. The minimum Gasteiger partial charge on any atom is -0.461 e. The van der Waals surface area contributed by atoms with E-state index in [4.69, 9.17) is 9.48 Å². The van der Waals surface area contributed by atoms with Gasteiger partial charge in [-0.2, -0.15) is 4.68 Å². The van der Waals surface area contributed by atoms with Gasteiger partial charge in [-0.3, -0.25) is 0 Å². The highest BCUT2D eigenvalue weighted by atomic mass is 79.9. The Balaban J connectivity index is 1.93. The zero-order chi connectivity index (χ0) is 25.7. The van der Waals surface area contributed by atoms with Crippen LogP contribution in [0.2, 0.25) is 0 Å². The van der Waals surface area contributed by atoms with E-state index in [1.165, 1.54) is 0 Å². The van der Waals surface area contributed by atoms with Crippen LogP contribution in [0.25, 0.3) is 5.69 Å². The molecule has 0 N–H and O–H groups in total. The number of ether oxygens (including phenoxy) is 1. The molecule has 37 heavy (non-hydrogen) atoms. The molecule has 0 saturated carbocycles. The lowest BCUT2D eigenvalue weighted by Gasteiger charge is -2.27. The van der Waals surface area contributed by atoms with Crippen molar-refractivity contribution in [3.8, 4) is 5.69 Å². The van der Waals surface area contributed by atoms with Crippen molar-refractivity contribution in [1.29, 1.82) is 0 Å². The van der Waals surface area contributed by atoms with Crippen LogP contribution in [-0.4, -0.2) is 27.6 Å². The average Bonchev–Trinajstić information content (AvgIpc) is 3.37. The number of carbonyl (C=O) groups is 1. The first-order chi connectivity index (χ1) is 18.1. The van der Waals surface area contributed by atoms with Crippen molar-refractivity contribution < 1.29 is 9.53 Å². The number of carbonyl (C=O) groups excluding carboxylic acids is 1. The van der Waals surface area contributed by atoms with E-state index in [2.05, 4.69) is 62.6 Å². The molecule has 0 saturated heterocycles. The van der Waals surface area contributed by atoms with Crippen LogP contribution in [0.4, 0.5) is 5.82 Å². The monoisotopic (exact) mass is 570 g/mol. The molecule has 0 amide bonds. The number of nitrogens with zero attached hydrogens (tertiary/aromatic N) is 4. The summed E-state index contributed by atoms with van der Waals surface area (Å²) in [6, 6.07) is 38.3. The zero-order valence-corrected chi connectivity index (χ0v) is 22.6. The normalized spacial score (nSPS) is 11.2. The molecule has 0 spiro atoms. The molecule has 0 aliphatic rings. The summed E-state index contributed by atoms with van der Waals surface area (Å²) in [4.78, 5) is 13.1. The lowest BCUT2D eigenvalue weighted by molar-refractivity contribution is 0.0520. The first-order valence-electron chi connectivity index (χ1n) is 11.8. The van der Waals surface area contributed by atoms with Gasteiger partial charge in [-0.1, -0.05) is 118 Å². The third-order valence-electron chi connectivity index (χ3n) is 5.80. The lowest BCUT2D eigenvalue weighted by atomic mass is 10.3. The van der Waals surface area contributed by atoms with Gasteiger partial charge in [0.05, 0.1) is 19.3 Å². The standard InChI is InChI=1S/C29H24BrN4O2P/c1-2-36-29(35)27-28(34(33-31-27)23-14-12-13-22(30)21-23)32-37(24-15-6-3-7-16-24,25-17-8-4-9-18-25)26-19-10-5-11-20-26/h3-21H,2H2,1H3. The largest absolute Gasteiger partial charge is 0.461 e. The van der Waals surface area contributed by atoms with Gasteiger partial charge in [0.2, 0.25) is 5.69 Å². The molecule has 8 heteroatoms. The molecule has 0 unspecified atom stereocenters. The van der Waals surface area contributed by atoms with Crippen molar-refractivity contribution in [1.82, 2.24) is 15.0 Å². The maximum absolute atomic E-state index is 13.1. The maximum atomic E-state index is 13.1. The first-order valence-corrected chi connectivity index (χ1v) is 14.3. The minimum absolute atomic E-state index is 0.0778. The van der Waals surface area contributed by atoms with E-state index in [-0.39, 0.29) is 12.3 Å². The molecule has 6 nitrogen and oxygen atoms in total. The van der Waals surface area contributed by atoms with E-state index in [1.54, 1.807) is 11.6 Å². The van der Waals surface area contributed by atoms with E-state index in [9.17, 15) is 4.79 Å². The Bertz CT molecular complexity index is 1470. The summed E-state index contributed by atoms with van der Waals surface area (Å²) >= 11 is 3.54. The van der Waals surface area contributed by atoms with Crippen LogP contribution in [0.5, 0.6) is 0 Å². The molecular weight excluding hydrogens is 547 g/mol. The summed E-state index contributed by atoms with van der Waals surface area (Å²) in [7, 11) is -2.68. The quantitative estimate of drug-likeness (QED) is 0.177. The van der Waals surface area contributed by atoms with Crippen molar-refractivity contribution in [3.63, 3.8) is 0 Å². The second-order valence-corrected chi connectivity index (χ2v) is 12.1. The number of rotatable bonds is 7. The minimum atomic E-state index is -2.68. The predicted octanol–water partition coefficient (Wildman–Crippen LogP) is 6.02. The van der Waals surface area contributed by atoms with Crippen LogP contribution in [-0.2, 0) is 4.74 Å². The Hall–Kier alpha value is -3.80. The summed E-state index contributed by atoms with van der Waals surface area (Å²) in [5.41, 5.74) is 0.803. The van der Waals surface area contributed by atoms with Crippen LogP contribution < -0.4 is 15.9 Å². The Morgan fingerprint density at radius 3 is 1.86 bits per heavy atom. The molecule has 0 atom stereocenters. The lowest BCUT2D eigenvalue weighted by Crippen LogP contribution is -2.25. The van der Waals surface area contributed by atoms with Crippen LogP contribution in [0, 0.1) is 0 Å². The summed E-state index contributed by atoms with van der Waals surface area (Å²) < 4.78 is 13.4. The van der Waals surface area contributed by atoms with Gasteiger partial charge in [-0.15, -0.1) is 5.10 Å². The highest BCUT2D eigenvalue weighted by molar-refractivity contribution is 9.10. The van der Waals surface area contributed by atoms with Crippen LogP contribution in [0.15, 0.2) is 124 Å². The Morgan fingerprint density at radius 2 is 1.38 bits per heavy atom. The third-order valence-corrected chi connectivity index (χ3v) is 9.92. The second-order valence-electron chi connectivity index (χ2n) is 8.12. The fraction of sp³-hybridized carbons (Fsp3) is 0.0690. The number of aromatic nitrogens is 3. The molecule has 5 aromatic rings. The highest BCUT2D eigenvalue weighted by Gasteiger charge is 2.31. The number of hydrogen-bond acceptors (Lipinski definition) is 5. The second kappa shape index (κ2) is 11.1. The van der Waals surface area contributed by atoms with E-state index < -0.39 is 13.0 Å². The number of esters is 1. The van der Waals surface area contributed by atoms with E-state index >= 15 is 0 Å². The SMILES string of the molecule is CCOC(=O)c1nnn(-c2cccc(Br)c2)c1N=P(c1ccccc1)(c1ccccc1)c1ccccc1. The van der Waals surface area contributed by atoms with Gasteiger partial charge < -0.3 is 4.74 Å². The molecule has 1 aromatic heterocycles. The molecular formula is C29H24BrN4O2P. The van der Waals surface area contributed by atoms with Crippen LogP contribution in [0.1, 0.15) is 17.4 Å². The molecule has 4 aromatic carbocycles. The van der Waals surface area contributed by atoms with Gasteiger partial charge in [-0.05, 0) is 25.1 Å². The maximum Gasteiger partial charge on any atom is 0.362 e. The molecule has 0 aliphatic carbocycles. The van der Waals surface area contributed by atoms with Gasteiger partial charge >= 0.3 is 5.97 Å². The molecule has 184 valence electrons. The van der Waals surface area contributed by atoms with Gasteiger partial charge in [0.1, 0.15) is 0 Å². The van der Waals surface area contributed by atoms with Gasteiger partial charge in [0.15, 0.2) is 5.82 Å². The van der Waals surface area contributed by atoms with Crippen molar-refractivity contribution in [3.05, 3.63) is 125 Å². The van der Waals surface area contributed by atoms with Gasteiger partial charge in [0.25, 0.3) is 0 Å². The average molecular weight is 571 g/mol. The molecule has 0 aliphatic heterocycles. The number of hydrogen-bond donors (Lipinski definition) is 0. The van der Waals surface area contributed by atoms with Crippen molar-refractivity contribution in [2.75, 3.05) is 6.61 Å². The molecule has 0 bridgehead atoms. The Kier molecular flexibility index (Phi) is 7.45. The topological polar surface area (TPSA) is 69.4 Å².